The van der Waals surface area contributed by atoms with Gasteiger partial charge in [0.05, 0.1) is 4.90 Å². The minimum Gasteiger partial charge on any atom is -0.316 e. The number of benzene rings is 1. The van der Waals surface area contributed by atoms with Crippen LogP contribution >= 0.6 is 0 Å². The predicted molar refractivity (Wildman–Crippen MR) is 77.5 cm³/mol. The Balaban J connectivity index is 3.10. The minimum atomic E-state index is -3.68. The fraction of sp³-hybridized carbons (Fsp3) is 0.538. The third-order valence-corrected chi connectivity index (χ3v) is 4.89. The third-order valence-electron chi connectivity index (χ3n) is 2.95. The second-order valence-corrected chi connectivity index (χ2v) is 6.93. The molecule has 1 aromatic carbocycles. The molecule has 0 atom stereocenters. The van der Waals surface area contributed by atoms with Gasteiger partial charge in [0.1, 0.15) is 5.82 Å². The van der Waals surface area contributed by atoms with Crippen molar-refractivity contribution >= 4 is 10.0 Å². The highest BCUT2D eigenvalue weighted by Crippen LogP contribution is 2.20. The first-order chi connectivity index (χ1) is 9.28. The monoisotopic (exact) mass is 303 g/mol. The average Bonchev–Trinajstić information content (AvgIpc) is 2.38. The molecule has 0 aliphatic rings. The molecule has 0 aliphatic heterocycles. The van der Waals surface area contributed by atoms with Crippen molar-refractivity contribution < 1.29 is 12.8 Å². The molecule has 0 saturated heterocycles. The Morgan fingerprint density at radius 1 is 1.20 bits per heavy atom. The fourth-order valence-corrected chi connectivity index (χ4v) is 3.12. The van der Waals surface area contributed by atoms with Crippen LogP contribution in [0.1, 0.15) is 5.56 Å². The maximum Gasteiger partial charge on any atom is 0.243 e. The number of halogens is 1. The molecular weight excluding hydrogens is 281 g/mol. The van der Waals surface area contributed by atoms with Crippen molar-refractivity contribution in [3.8, 4) is 0 Å². The number of nitrogens with zero attached hydrogens (tertiary/aromatic N) is 2. The number of hydrogen-bond donors (Lipinski definition) is 1. The summed E-state index contributed by atoms with van der Waals surface area (Å²) in [6, 6.07) is 3.85. The van der Waals surface area contributed by atoms with Crippen molar-refractivity contribution in [1.82, 2.24) is 14.5 Å². The summed E-state index contributed by atoms with van der Waals surface area (Å²) >= 11 is 0. The lowest BCUT2D eigenvalue weighted by Gasteiger charge is -2.21. The smallest absolute Gasteiger partial charge is 0.243 e. The van der Waals surface area contributed by atoms with E-state index in [1.165, 1.54) is 23.5 Å². The zero-order chi connectivity index (χ0) is 15.3. The summed E-state index contributed by atoms with van der Waals surface area (Å²) in [6.07, 6.45) is 0. The number of nitrogens with one attached hydrogen (secondary N) is 1. The molecule has 0 spiro atoms. The normalized spacial score (nSPS) is 12.3. The van der Waals surface area contributed by atoms with Gasteiger partial charge in [-0.15, -0.1) is 0 Å². The summed E-state index contributed by atoms with van der Waals surface area (Å²) < 4.78 is 39.6. The van der Waals surface area contributed by atoms with E-state index in [4.69, 9.17) is 0 Å². The van der Waals surface area contributed by atoms with Crippen LogP contribution in [0.15, 0.2) is 23.1 Å². The van der Waals surface area contributed by atoms with Crippen molar-refractivity contribution in [3.63, 3.8) is 0 Å². The molecule has 1 rings (SSSR count). The van der Waals surface area contributed by atoms with Gasteiger partial charge in [-0.2, -0.15) is 4.31 Å². The molecule has 114 valence electrons. The Bertz CT molecular complexity index is 547. The molecule has 5 nitrogen and oxygen atoms in total. The van der Waals surface area contributed by atoms with Gasteiger partial charge in [0.25, 0.3) is 0 Å². The first kappa shape index (κ1) is 17.0. The molecule has 7 heteroatoms. The Morgan fingerprint density at radius 3 is 2.40 bits per heavy atom. The SMILES string of the molecule is CNCc1ccc(F)cc1S(=O)(=O)N(C)CCN(C)C. The van der Waals surface area contributed by atoms with E-state index in [2.05, 4.69) is 5.32 Å². The van der Waals surface area contributed by atoms with E-state index in [-0.39, 0.29) is 4.90 Å². The van der Waals surface area contributed by atoms with E-state index in [9.17, 15) is 12.8 Å². The van der Waals surface area contributed by atoms with Crippen LogP contribution in [0.2, 0.25) is 0 Å². The van der Waals surface area contributed by atoms with Crippen molar-refractivity contribution in [2.75, 3.05) is 41.3 Å². The molecule has 0 aliphatic carbocycles. The Hall–Kier alpha value is -1.02. The topological polar surface area (TPSA) is 52.7 Å². The molecule has 0 bridgehead atoms. The van der Waals surface area contributed by atoms with E-state index < -0.39 is 15.8 Å². The largest absolute Gasteiger partial charge is 0.316 e. The molecule has 0 saturated carbocycles. The Kier molecular flexibility index (Phi) is 6.07. The van der Waals surface area contributed by atoms with E-state index >= 15 is 0 Å². The summed E-state index contributed by atoms with van der Waals surface area (Å²) in [5.74, 6) is -0.551. The lowest BCUT2D eigenvalue weighted by Crippen LogP contribution is -2.34. The molecule has 0 amide bonds. The summed E-state index contributed by atoms with van der Waals surface area (Å²) in [5, 5.41) is 2.89. The first-order valence-corrected chi connectivity index (χ1v) is 7.77. The van der Waals surface area contributed by atoms with Crippen LogP contribution in [0.25, 0.3) is 0 Å². The number of hydrogen-bond acceptors (Lipinski definition) is 4. The van der Waals surface area contributed by atoms with Gasteiger partial charge in [-0.25, -0.2) is 12.8 Å². The summed E-state index contributed by atoms with van der Waals surface area (Å²) in [4.78, 5) is 1.92. The van der Waals surface area contributed by atoms with Gasteiger partial charge < -0.3 is 10.2 Å². The van der Waals surface area contributed by atoms with E-state index in [1.54, 1.807) is 7.05 Å². The Labute approximate surface area is 120 Å². The second-order valence-electron chi connectivity index (χ2n) is 4.91. The van der Waals surface area contributed by atoms with Crippen LogP contribution < -0.4 is 5.32 Å². The van der Waals surface area contributed by atoms with Crippen molar-refractivity contribution in [2.24, 2.45) is 0 Å². The molecular formula is C13H22FN3O2S. The van der Waals surface area contributed by atoms with Gasteiger partial charge >= 0.3 is 0 Å². The van der Waals surface area contributed by atoms with E-state index in [0.29, 0.717) is 25.2 Å². The molecule has 0 aromatic heterocycles. The summed E-state index contributed by atoms with van der Waals surface area (Å²) in [5.41, 5.74) is 0.561. The van der Waals surface area contributed by atoms with E-state index in [0.717, 1.165) is 6.07 Å². The average molecular weight is 303 g/mol. The van der Waals surface area contributed by atoms with Gasteiger partial charge in [-0.1, -0.05) is 6.07 Å². The quantitative estimate of drug-likeness (QED) is 0.807. The van der Waals surface area contributed by atoms with Crippen LogP contribution in [-0.2, 0) is 16.6 Å². The zero-order valence-electron chi connectivity index (χ0n) is 12.4. The zero-order valence-corrected chi connectivity index (χ0v) is 13.2. The Morgan fingerprint density at radius 2 is 1.85 bits per heavy atom. The fourth-order valence-electron chi connectivity index (χ4n) is 1.73. The van der Waals surface area contributed by atoms with Crippen molar-refractivity contribution in [2.45, 2.75) is 11.4 Å². The first-order valence-electron chi connectivity index (χ1n) is 6.33. The lowest BCUT2D eigenvalue weighted by atomic mass is 10.2. The highest BCUT2D eigenvalue weighted by molar-refractivity contribution is 7.89. The number of rotatable bonds is 7. The van der Waals surface area contributed by atoms with Crippen molar-refractivity contribution in [3.05, 3.63) is 29.6 Å². The van der Waals surface area contributed by atoms with Crippen LogP contribution in [0.3, 0.4) is 0 Å². The molecule has 0 unspecified atom stereocenters. The van der Waals surface area contributed by atoms with Crippen LogP contribution in [0.4, 0.5) is 4.39 Å². The van der Waals surface area contributed by atoms with Crippen molar-refractivity contribution in [1.29, 1.82) is 0 Å². The maximum atomic E-state index is 13.4. The number of sulfonamides is 1. The van der Waals surface area contributed by atoms with Gasteiger partial charge in [0.2, 0.25) is 10.0 Å². The summed E-state index contributed by atoms with van der Waals surface area (Å²) in [6.45, 7) is 1.33. The summed E-state index contributed by atoms with van der Waals surface area (Å²) in [7, 11) is 3.28. The van der Waals surface area contributed by atoms with Gasteiger partial charge in [-0.05, 0) is 38.8 Å². The molecule has 0 radical (unpaired) electrons. The molecule has 1 N–H and O–H groups in total. The molecule has 20 heavy (non-hydrogen) atoms. The second kappa shape index (κ2) is 7.12. The minimum absolute atomic E-state index is 0.0214. The standard InChI is InChI=1S/C13H22FN3O2S/c1-15-10-11-5-6-12(14)9-13(11)20(18,19)17(4)8-7-16(2)3/h5-6,9,15H,7-8,10H2,1-4H3. The maximum absolute atomic E-state index is 13.4. The highest BCUT2D eigenvalue weighted by atomic mass is 32.2. The van der Waals surface area contributed by atoms with Gasteiger partial charge in [-0.3, -0.25) is 0 Å². The number of likely N-dealkylation sites (N-methyl/N-ethyl adjacent to an activating group) is 2. The highest BCUT2D eigenvalue weighted by Gasteiger charge is 2.24. The van der Waals surface area contributed by atoms with Crippen LogP contribution in [0, 0.1) is 5.82 Å². The lowest BCUT2D eigenvalue weighted by molar-refractivity contribution is 0.358. The van der Waals surface area contributed by atoms with Crippen LogP contribution in [0.5, 0.6) is 0 Å². The molecule has 0 fully saturated rings. The molecule has 0 heterocycles. The third kappa shape index (κ3) is 4.24. The van der Waals surface area contributed by atoms with Crippen LogP contribution in [-0.4, -0.2) is 58.9 Å². The van der Waals surface area contributed by atoms with E-state index in [1.807, 2.05) is 19.0 Å². The molecule has 1 aromatic rings. The van der Waals surface area contributed by atoms with Gasteiger partial charge in [0, 0.05) is 26.7 Å². The van der Waals surface area contributed by atoms with Gasteiger partial charge in [0.15, 0.2) is 0 Å². The predicted octanol–water partition coefficient (Wildman–Crippen LogP) is 0.727.